The molecule has 0 aliphatic rings. The Hall–Kier alpha value is -3.95. The predicted octanol–water partition coefficient (Wildman–Crippen LogP) is 17.1. The van der Waals surface area contributed by atoms with Gasteiger partial charge in [-0.15, -0.1) is 0 Å². The number of ether oxygens (including phenoxy) is 3. The Morgan fingerprint density at radius 2 is 0.761 bits per heavy atom. The summed E-state index contributed by atoms with van der Waals surface area (Å²) in [5, 5.41) is 19.1. The number of hydrogen-bond acceptors (Lipinski definition) is 8. The van der Waals surface area contributed by atoms with Crippen molar-refractivity contribution in [2.45, 2.75) is 271 Å². The standard InChI is InChI=1S/C61H104O10/c1-4-7-10-13-16-18-20-22-24-26-28-30-32-38-43-48-58(64)69-52-55(71-60(66)50-45-40-33-31-29-27-25-23-21-19-17-14-11-8-5-2)53-70-59(65)49-44-39-35-34-37-42-47-54(46-41-36-15-12-9-6-3)56(61(67)68)51-57(62)63/h17,19,22-25,36,41-42,47,54-56H,4-16,18,20-21,26-35,37-40,43-46,48-53H2,1-3H3,(H,62,63)(H,67,68). The zero-order chi connectivity index (χ0) is 52.1. The molecular formula is C61H104O10. The molecule has 0 amide bonds. The maximum atomic E-state index is 12.9. The fraction of sp³-hybridized carbons (Fsp3) is 0.754. The van der Waals surface area contributed by atoms with E-state index in [0.717, 1.165) is 128 Å². The van der Waals surface area contributed by atoms with Gasteiger partial charge in [0.15, 0.2) is 6.10 Å². The summed E-state index contributed by atoms with van der Waals surface area (Å²) in [6.45, 7) is 6.29. The quantitative estimate of drug-likeness (QED) is 0.0261. The van der Waals surface area contributed by atoms with Crippen LogP contribution in [0.25, 0.3) is 0 Å². The Balaban J connectivity index is 4.82. The first-order valence-electron chi connectivity index (χ1n) is 28.9. The van der Waals surface area contributed by atoms with Crippen molar-refractivity contribution in [1.29, 1.82) is 0 Å². The maximum Gasteiger partial charge on any atom is 0.307 e. The molecule has 10 heteroatoms. The first-order chi connectivity index (χ1) is 34.6. The van der Waals surface area contributed by atoms with Crippen molar-refractivity contribution in [3.05, 3.63) is 60.8 Å². The number of carbonyl (C=O) groups excluding carboxylic acids is 3. The van der Waals surface area contributed by atoms with E-state index < -0.39 is 42.3 Å². The van der Waals surface area contributed by atoms with Crippen LogP contribution in [0.5, 0.6) is 0 Å². The third kappa shape index (κ3) is 48.1. The van der Waals surface area contributed by atoms with Crippen molar-refractivity contribution in [3.8, 4) is 0 Å². The van der Waals surface area contributed by atoms with E-state index in [2.05, 4.69) is 63.3 Å². The zero-order valence-corrected chi connectivity index (χ0v) is 45.5. The zero-order valence-electron chi connectivity index (χ0n) is 45.5. The highest BCUT2D eigenvalue weighted by molar-refractivity contribution is 5.78. The predicted molar refractivity (Wildman–Crippen MR) is 292 cm³/mol. The molecule has 408 valence electrons. The summed E-state index contributed by atoms with van der Waals surface area (Å²) in [6.07, 6.45) is 56.8. The van der Waals surface area contributed by atoms with Gasteiger partial charge in [0.1, 0.15) is 13.2 Å². The van der Waals surface area contributed by atoms with Gasteiger partial charge in [-0.1, -0.05) is 191 Å². The second-order valence-electron chi connectivity index (χ2n) is 19.6. The van der Waals surface area contributed by atoms with Gasteiger partial charge < -0.3 is 24.4 Å². The smallest absolute Gasteiger partial charge is 0.307 e. The third-order valence-electron chi connectivity index (χ3n) is 12.8. The van der Waals surface area contributed by atoms with Gasteiger partial charge in [0.2, 0.25) is 0 Å². The van der Waals surface area contributed by atoms with Crippen LogP contribution in [0.1, 0.15) is 265 Å². The van der Waals surface area contributed by atoms with E-state index in [-0.39, 0.29) is 38.0 Å². The van der Waals surface area contributed by atoms with Crippen LogP contribution in [0.4, 0.5) is 0 Å². The molecule has 0 saturated carbocycles. The number of hydrogen-bond donors (Lipinski definition) is 2. The summed E-state index contributed by atoms with van der Waals surface area (Å²) in [5.74, 6) is -4.76. The van der Waals surface area contributed by atoms with Gasteiger partial charge in [-0.25, -0.2) is 0 Å². The van der Waals surface area contributed by atoms with Crippen LogP contribution in [-0.4, -0.2) is 59.4 Å². The number of carboxylic acid groups (broad SMARTS) is 2. The molecule has 0 aliphatic heterocycles. The summed E-state index contributed by atoms with van der Waals surface area (Å²) in [6, 6.07) is 0. The molecule has 0 rings (SSSR count). The summed E-state index contributed by atoms with van der Waals surface area (Å²) in [7, 11) is 0. The molecule has 0 radical (unpaired) electrons. The fourth-order valence-corrected chi connectivity index (χ4v) is 8.32. The SMILES string of the molecule is CCCCCC=CCC=CCCCCCCCC(=O)OC(COC(=O)CCCCCCC=CC(CC=CCCCCC)C(CC(=O)O)C(=O)O)COC(=O)CCCCCCCC=CCCCCCCCC. The number of rotatable bonds is 52. The molecule has 3 atom stereocenters. The minimum atomic E-state index is -1.12. The van der Waals surface area contributed by atoms with Crippen LogP contribution in [0, 0.1) is 11.8 Å². The van der Waals surface area contributed by atoms with Crippen molar-refractivity contribution in [1.82, 2.24) is 0 Å². The average Bonchev–Trinajstić information content (AvgIpc) is 3.35. The Morgan fingerprint density at radius 3 is 1.20 bits per heavy atom. The van der Waals surface area contributed by atoms with E-state index in [1.54, 1.807) is 0 Å². The molecule has 0 aliphatic carbocycles. The average molecular weight is 997 g/mol. The van der Waals surface area contributed by atoms with E-state index in [4.69, 9.17) is 14.2 Å². The minimum absolute atomic E-state index is 0.155. The molecule has 0 aromatic heterocycles. The van der Waals surface area contributed by atoms with Crippen molar-refractivity contribution in [2.75, 3.05) is 13.2 Å². The first-order valence-corrected chi connectivity index (χ1v) is 28.9. The van der Waals surface area contributed by atoms with E-state index in [9.17, 15) is 34.2 Å². The van der Waals surface area contributed by atoms with Gasteiger partial charge in [-0.3, -0.25) is 24.0 Å². The lowest BCUT2D eigenvalue weighted by Crippen LogP contribution is -2.30. The van der Waals surface area contributed by atoms with Crippen molar-refractivity contribution in [2.24, 2.45) is 11.8 Å². The summed E-state index contributed by atoms with van der Waals surface area (Å²) >= 11 is 0. The Morgan fingerprint density at radius 1 is 0.408 bits per heavy atom. The molecule has 0 heterocycles. The highest BCUT2D eigenvalue weighted by Gasteiger charge is 2.28. The molecule has 0 saturated heterocycles. The van der Waals surface area contributed by atoms with Gasteiger partial charge >= 0.3 is 29.8 Å². The van der Waals surface area contributed by atoms with Gasteiger partial charge in [0.05, 0.1) is 12.3 Å². The number of carbonyl (C=O) groups is 5. The summed E-state index contributed by atoms with van der Waals surface area (Å²) < 4.78 is 16.8. The molecule has 0 aromatic rings. The molecule has 3 unspecified atom stereocenters. The van der Waals surface area contributed by atoms with Gasteiger partial charge in [-0.05, 0) is 115 Å². The molecule has 2 N–H and O–H groups in total. The lowest BCUT2D eigenvalue weighted by atomic mass is 9.86. The maximum absolute atomic E-state index is 12.9. The fourth-order valence-electron chi connectivity index (χ4n) is 8.32. The lowest BCUT2D eigenvalue weighted by Gasteiger charge is -2.18. The van der Waals surface area contributed by atoms with E-state index in [0.29, 0.717) is 25.7 Å². The second kappa shape index (κ2) is 52.4. The second-order valence-corrected chi connectivity index (χ2v) is 19.6. The van der Waals surface area contributed by atoms with Gasteiger partial charge in [0, 0.05) is 19.3 Å². The summed E-state index contributed by atoms with van der Waals surface area (Å²) in [4.78, 5) is 61.7. The number of allylic oxidation sites excluding steroid dienone is 10. The Kier molecular flexibility index (Phi) is 49.5. The molecule has 0 spiro atoms. The number of unbranched alkanes of at least 4 members (excludes halogenated alkanes) is 26. The minimum Gasteiger partial charge on any atom is -0.481 e. The lowest BCUT2D eigenvalue weighted by molar-refractivity contribution is -0.167. The van der Waals surface area contributed by atoms with Crippen LogP contribution < -0.4 is 0 Å². The normalized spacial score (nSPS) is 13.2. The first kappa shape index (κ1) is 67.0. The van der Waals surface area contributed by atoms with Crippen LogP contribution in [0.3, 0.4) is 0 Å². The number of aliphatic carboxylic acids is 2. The van der Waals surface area contributed by atoms with Gasteiger partial charge in [0.25, 0.3) is 0 Å². The van der Waals surface area contributed by atoms with E-state index >= 15 is 0 Å². The van der Waals surface area contributed by atoms with Crippen LogP contribution in [-0.2, 0) is 38.2 Å². The molecule has 71 heavy (non-hydrogen) atoms. The highest BCUT2D eigenvalue weighted by atomic mass is 16.6. The third-order valence-corrected chi connectivity index (χ3v) is 12.8. The van der Waals surface area contributed by atoms with Crippen LogP contribution in [0.15, 0.2) is 60.8 Å². The Labute approximate surface area is 433 Å². The van der Waals surface area contributed by atoms with Crippen LogP contribution in [0.2, 0.25) is 0 Å². The topological polar surface area (TPSA) is 154 Å². The van der Waals surface area contributed by atoms with Gasteiger partial charge in [-0.2, -0.15) is 0 Å². The van der Waals surface area contributed by atoms with Crippen LogP contribution >= 0.6 is 0 Å². The molecule has 0 bridgehead atoms. The molecular weight excluding hydrogens is 893 g/mol. The summed E-state index contributed by atoms with van der Waals surface area (Å²) in [5.41, 5.74) is 0. The number of carboxylic acids is 2. The van der Waals surface area contributed by atoms with Crippen molar-refractivity contribution >= 4 is 29.8 Å². The molecule has 0 fully saturated rings. The largest absolute Gasteiger partial charge is 0.481 e. The number of esters is 3. The molecule has 0 aromatic carbocycles. The molecule has 10 nitrogen and oxygen atoms in total. The van der Waals surface area contributed by atoms with Crippen molar-refractivity contribution < 1.29 is 48.4 Å². The highest BCUT2D eigenvalue weighted by Crippen LogP contribution is 2.24. The monoisotopic (exact) mass is 997 g/mol. The van der Waals surface area contributed by atoms with E-state index in [1.807, 2.05) is 18.2 Å². The van der Waals surface area contributed by atoms with Crippen molar-refractivity contribution in [3.63, 3.8) is 0 Å². The Bertz CT molecular complexity index is 1440. The van der Waals surface area contributed by atoms with E-state index in [1.165, 1.54) is 70.6 Å².